The molecule has 1 atom stereocenters. The highest BCUT2D eigenvalue weighted by atomic mass is 35.5. The van der Waals surface area contributed by atoms with Crippen molar-refractivity contribution in [1.82, 2.24) is 14.8 Å². The number of hydrogen-bond acceptors (Lipinski definition) is 3. The van der Waals surface area contributed by atoms with Crippen molar-refractivity contribution >= 4 is 23.4 Å². The fourth-order valence-corrected chi connectivity index (χ4v) is 3.21. The number of thioether (sulfide) groups is 1. The third-order valence-corrected chi connectivity index (χ3v) is 4.50. The van der Waals surface area contributed by atoms with Gasteiger partial charge < -0.3 is 0 Å². The standard InChI is InChI=1S/C16H14ClN3S/c1-12(13-6-3-2-4-7-13)21-16-19-18-11-20(16)15-9-5-8-14(17)10-15/h2-12H,1H3/t12-/m1/s1. The monoisotopic (exact) mass is 315 g/mol. The number of benzene rings is 2. The molecular weight excluding hydrogens is 302 g/mol. The van der Waals surface area contributed by atoms with Crippen molar-refractivity contribution in [2.45, 2.75) is 17.3 Å². The van der Waals surface area contributed by atoms with Gasteiger partial charge in [0.2, 0.25) is 0 Å². The average molecular weight is 316 g/mol. The number of hydrogen-bond donors (Lipinski definition) is 0. The summed E-state index contributed by atoms with van der Waals surface area (Å²) in [6, 6.07) is 18.0. The largest absolute Gasteiger partial charge is 0.277 e. The SMILES string of the molecule is C[C@@H](Sc1nncn1-c1cccc(Cl)c1)c1ccccc1. The van der Waals surface area contributed by atoms with Crippen LogP contribution in [0.1, 0.15) is 17.7 Å². The van der Waals surface area contributed by atoms with Crippen LogP contribution in [0.4, 0.5) is 0 Å². The Bertz CT molecular complexity index is 727. The lowest BCUT2D eigenvalue weighted by atomic mass is 10.2. The molecule has 0 saturated carbocycles. The molecular formula is C16H14ClN3S. The van der Waals surface area contributed by atoms with Crippen LogP contribution in [-0.2, 0) is 0 Å². The van der Waals surface area contributed by atoms with Crippen LogP contribution in [0.5, 0.6) is 0 Å². The predicted molar refractivity (Wildman–Crippen MR) is 87.1 cm³/mol. The zero-order chi connectivity index (χ0) is 14.7. The summed E-state index contributed by atoms with van der Waals surface area (Å²) in [5.74, 6) is 0. The lowest BCUT2D eigenvalue weighted by Crippen LogP contribution is -1.97. The van der Waals surface area contributed by atoms with Gasteiger partial charge in [0.15, 0.2) is 5.16 Å². The molecule has 0 bridgehead atoms. The summed E-state index contributed by atoms with van der Waals surface area (Å²) in [4.78, 5) is 0. The number of aromatic nitrogens is 3. The van der Waals surface area contributed by atoms with Crippen molar-refractivity contribution in [3.8, 4) is 5.69 Å². The first-order valence-electron chi connectivity index (χ1n) is 6.61. The minimum Gasteiger partial charge on any atom is -0.277 e. The second kappa shape index (κ2) is 6.33. The molecule has 2 aromatic carbocycles. The fraction of sp³-hybridized carbons (Fsp3) is 0.125. The summed E-state index contributed by atoms with van der Waals surface area (Å²) >= 11 is 7.73. The summed E-state index contributed by atoms with van der Waals surface area (Å²) in [5, 5.41) is 10.1. The first-order chi connectivity index (χ1) is 10.2. The first kappa shape index (κ1) is 14.2. The highest BCUT2D eigenvalue weighted by Crippen LogP contribution is 2.34. The molecule has 0 N–H and O–H groups in total. The maximum atomic E-state index is 6.05. The van der Waals surface area contributed by atoms with E-state index in [-0.39, 0.29) is 0 Å². The summed E-state index contributed by atoms with van der Waals surface area (Å²) in [5.41, 5.74) is 2.23. The van der Waals surface area contributed by atoms with Crippen LogP contribution in [-0.4, -0.2) is 14.8 Å². The lowest BCUT2D eigenvalue weighted by molar-refractivity contribution is 0.876. The van der Waals surface area contributed by atoms with E-state index in [1.807, 2.05) is 47.0 Å². The van der Waals surface area contributed by atoms with E-state index in [4.69, 9.17) is 11.6 Å². The zero-order valence-electron chi connectivity index (χ0n) is 11.5. The van der Waals surface area contributed by atoms with Gasteiger partial charge in [-0.2, -0.15) is 0 Å². The highest BCUT2D eigenvalue weighted by Gasteiger charge is 2.13. The maximum absolute atomic E-state index is 6.05. The van der Waals surface area contributed by atoms with Gasteiger partial charge in [-0.3, -0.25) is 4.57 Å². The maximum Gasteiger partial charge on any atom is 0.196 e. The minimum atomic E-state index is 0.299. The minimum absolute atomic E-state index is 0.299. The molecule has 0 amide bonds. The van der Waals surface area contributed by atoms with Crippen LogP contribution in [0.15, 0.2) is 66.1 Å². The third kappa shape index (κ3) is 3.28. The van der Waals surface area contributed by atoms with Gasteiger partial charge in [-0.05, 0) is 30.7 Å². The van der Waals surface area contributed by atoms with E-state index in [1.165, 1.54) is 5.56 Å². The van der Waals surface area contributed by atoms with Crippen LogP contribution < -0.4 is 0 Å². The van der Waals surface area contributed by atoms with Crippen molar-refractivity contribution < 1.29 is 0 Å². The van der Waals surface area contributed by atoms with E-state index < -0.39 is 0 Å². The number of halogens is 1. The van der Waals surface area contributed by atoms with Crippen LogP contribution in [0, 0.1) is 0 Å². The molecule has 5 heteroatoms. The Kier molecular flexibility index (Phi) is 4.27. The molecule has 106 valence electrons. The van der Waals surface area contributed by atoms with Gasteiger partial charge in [-0.15, -0.1) is 10.2 Å². The van der Waals surface area contributed by atoms with Gasteiger partial charge in [0, 0.05) is 10.3 Å². The van der Waals surface area contributed by atoms with Crippen LogP contribution in [0.3, 0.4) is 0 Å². The number of nitrogens with zero attached hydrogens (tertiary/aromatic N) is 3. The average Bonchev–Trinajstić information content (AvgIpc) is 2.96. The van der Waals surface area contributed by atoms with Gasteiger partial charge in [0.05, 0.1) is 5.69 Å². The molecule has 0 fully saturated rings. The molecule has 0 aliphatic heterocycles. The molecule has 1 heterocycles. The Labute approximate surface area is 133 Å². The van der Waals surface area contributed by atoms with Gasteiger partial charge in [0.1, 0.15) is 6.33 Å². The molecule has 3 aromatic rings. The number of rotatable bonds is 4. The molecule has 0 aliphatic carbocycles. The smallest absolute Gasteiger partial charge is 0.196 e. The van der Waals surface area contributed by atoms with Crippen molar-refractivity contribution in [2.75, 3.05) is 0 Å². The van der Waals surface area contributed by atoms with Crippen molar-refractivity contribution in [1.29, 1.82) is 0 Å². The van der Waals surface area contributed by atoms with Gasteiger partial charge in [-0.1, -0.05) is 59.8 Å². The third-order valence-electron chi connectivity index (χ3n) is 3.15. The second-order valence-corrected chi connectivity index (χ2v) is 6.38. The normalized spacial score (nSPS) is 12.3. The molecule has 0 spiro atoms. The molecule has 0 aliphatic rings. The lowest BCUT2D eigenvalue weighted by Gasteiger charge is -2.12. The molecule has 1 aromatic heterocycles. The summed E-state index contributed by atoms with van der Waals surface area (Å²) in [6.45, 7) is 2.16. The molecule has 21 heavy (non-hydrogen) atoms. The van der Waals surface area contributed by atoms with E-state index in [9.17, 15) is 0 Å². The summed E-state index contributed by atoms with van der Waals surface area (Å²) in [6.07, 6.45) is 1.71. The van der Waals surface area contributed by atoms with Crippen molar-refractivity contribution in [3.63, 3.8) is 0 Å². The van der Waals surface area contributed by atoms with E-state index in [0.29, 0.717) is 10.3 Å². The molecule has 0 radical (unpaired) electrons. The second-order valence-electron chi connectivity index (χ2n) is 4.63. The Hall–Kier alpha value is -1.78. The van der Waals surface area contributed by atoms with Crippen LogP contribution in [0.2, 0.25) is 5.02 Å². The van der Waals surface area contributed by atoms with E-state index in [1.54, 1.807) is 18.1 Å². The molecule has 0 unspecified atom stereocenters. The topological polar surface area (TPSA) is 30.7 Å². The molecule has 3 rings (SSSR count). The zero-order valence-corrected chi connectivity index (χ0v) is 13.1. The Morgan fingerprint density at radius 1 is 1.10 bits per heavy atom. The van der Waals surface area contributed by atoms with E-state index in [2.05, 4.69) is 29.3 Å². The molecule has 0 saturated heterocycles. The van der Waals surface area contributed by atoms with Gasteiger partial charge in [0.25, 0.3) is 0 Å². The van der Waals surface area contributed by atoms with Gasteiger partial charge >= 0.3 is 0 Å². The van der Waals surface area contributed by atoms with Crippen molar-refractivity contribution in [2.24, 2.45) is 0 Å². The highest BCUT2D eigenvalue weighted by molar-refractivity contribution is 7.99. The van der Waals surface area contributed by atoms with Crippen molar-refractivity contribution in [3.05, 3.63) is 71.5 Å². The molecule has 3 nitrogen and oxygen atoms in total. The Morgan fingerprint density at radius 3 is 2.67 bits per heavy atom. The summed E-state index contributed by atoms with van der Waals surface area (Å²) in [7, 11) is 0. The van der Waals surface area contributed by atoms with E-state index in [0.717, 1.165) is 10.8 Å². The Morgan fingerprint density at radius 2 is 1.90 bits per heavy atom. The van der Waals surface area contributed by atoms with E-state index >= 15 is 0 Å². The Balaban J connectivity index is 1.86. The van der Waals surface area contributed by atoms with Crippen LogP contribution >= 0.6 is 23.4 Å². The van der Waals surface area contributed by atoms with Crippen LogP contribution in [0.25, 0.3) is 5.69 Å². The summed E-state index contributed by atoms with van der Waals surface area (Å²) < 4.78 is 1.95. The fourth-order valence-electron chi connectivity index (χ4n) is 2.06. The predicted octanol–water partition coefficient (Wildman–Crippen LogP) is 4.77. The first-order valence-corrected chi connectivity index (χ1v) is 7.87. The quantitative estimate of drug-likeness (QED) is 0.649. The van der Waals surface area contributed by atoms with Gasteiger partial charge in [-0.25, -0.2) is 0 Å².